The van der Waals surface area contributed by atoms with Crippen LogP contribution in [0.4, 0.5) is 5.69 Å². The highest BCUT2D eigenvalue weighted by Crippen LogP contribution is 2.22. The van der Waals surface area contributed by atoms with Crippen molar-refractivity contribution in [3.05, 3.63) is 28.8 Å². The molecule has 1 saturated carbocycles. The van der Waals surface area contributed by atoms with Gasteiger partial charge in [0.05, 0.1) is 0 Å². The second-order valence-electron chi connectivity index (χ2n) is 4.61. The van der Waals surface area contributed by atoms with E-state index in [1.165, 1.54) is 0 Å². The van der Waals surface area contributed by atoms with Gasteiger partial charge in [-0.15, -0.1) is 0 Å². The van der Waals surface area contributed by atoms with Crippen molar-refractivity contribution in [2.75, 3.05) is 5.32 Å². The summed E-state index contributed by atoms with van der Waals surface area (Å²) in [7, 11) is 0. The number of hydrogen-bond donors (Lipinski definition) is 2. The summed E-state index contributed by atoms with van der Waals surface area (Å²) in [4.78, 5) is 11.8. The molecule has 3 nitrogen and oxygen atoms in total. The van der Waals surface area contributed by atoms with Crippen LogP contribution in [-0.2, 0) is 4.79 Å². The summed E-state index contributed by atoms with van der Waals surface area (Å²) in [5.41, 5.74) is 2.00. The van der Waals surface area contributed by atoms with Crippen LogP contribution in [0.3, 0.4) is 0 Å². The molecule has 1 atom stereocenters. The number of anilines is 1. The third-order valence-corrected chi connectivity index (χ3v) is 3.12. The van der Waals surface area contributed by atoms with Gasteiger partial charge in [0.1, 0.15) is 6.04 Å². The number of halogens is 1. The summed E-state index contributed by atoms with van der Waals surface area (Å²) in [6.07, 6.45) is 2.21. The van der Waals surface area contributed by atoms with E-state index in [9.17, 15) is 4.79 Å². The van der Waals surface area contributed by atoms with Gasteiger partial charge in [-0.05, 0) is 44.4 Å². The fraction of sp³-hybridized carbons (Fsp3) is 0.462. The molecule has 2 N–H and O–H groups in total. The summed E-state index contributed by atoms with van der Waals surface area (Å²) >= 11 is 5.93. The Balaban J connectivity index is 1.98. The van der Waals surface area contributed by atoms with E-state index in [0.717, 1.165) is 24.1 Å². The van der Waals surface area contributed by atoms with Crippen LogP contribution in [0.5, 0.6) is 0 Å². The summed E-state index contributed by atoms with van der Waals surface area (Å²) in [6, 6.07) is 5.78. The standard InChI is InChI=1S/C13H17ClN2O/c1-8-3-4-10(14)7-12(8)15-9(2)13(17)16-11-5-6-11/h3-4,7,9,11,15H,5-6H2,1-2H3,(H,16,17). The van der Waals surface area contributed by atoms with Crippen LogP contribution in [-0.4, -0.2) is 18.0 Å². The van der Waals surface area contributed by atoms with Gasteiger partial charge >= 0.3 is 0 Å². The first-order valence-electron chi connectivity index (χ1n) is 5.89. The minimum atomic E-state index is -0.243. The van der Waals surface area contributed by atoms with Crippen molar-refractivity contribution >= 4 is 23.2 Å². The van der Waals surface area contributed by atoms with Gasteiger partial charge in [-0.3, -0.25) is 4.79 Å². The molecule has 0 saturated heterocycles. The number of rotatable bonds is 4. The van der Waals surface area contributed by atoms with Crippen molar-refractivity contribution in [1.29, 1.82) is 0 Å². The Kier molecular flexibility index (Phi) is 3.57. The molecule has 1 amide bonds. The highest BCUT2D eigenvalue weighted by molar-refractivity contribution is 6.30. The average molecular weight is 253 g/mol. The zero-order chi connectivity index (χ0) is 12.4. The van der Waals surface area contributed by atoms with E-state index < -0.39 is 0 Å². The summed E-state index contributed by atoms with van der Waals surface area (Å²) < 4.78 is 0. The van der Waals surface area contributed by atoms with Crippen LogP contribution in [0.15, 0.2) is 18.2 Å². The second kappa shape index (κ2) is 4.96. The Bertz CT molecular complexity index is 429. The highest BCUT2D eigenvalue weighted by Gasteiger charge is 2.25. The number of carbonyl (C=O) groups is 1. The molecule has 1 aromatic carbocycles. The van der Waals surface area contributed by atoms with Gasteiger partial charge in [-0.2, -0.15) is 0 Å². The lowest BCUT2D eigenvalue weighted by atomic mass is 10.2. The first-order chi connectivity index (χ1) is 8.06. The van der Waals surface area contributed by atoms with Crippen LogP contribution in [0.25, 0.3) is 0 Å². The van der Waals surface area contributed by atoms with Crippen LogP contribution >= 0.6 is 11.6 Å². The molecule has 2 rings (SSSR count). The maximum Gasteiger partial charge on any atom is 0.242 e. The van der Waals surface area contributed by atoms with Crippen LogP contribution in [0, 0.1) is 6.92 Å². The zero-order valence-corrected chi connectivity index (χ0v) is 10.8. The molecule has 0 aliphatic heterocycles. The Morgan fingerprint density at radius 2 is 2.18 bits per heavy atom. The van der Waals surface area contributed by atoms with Crippen molar-refractivity contribution in [1.82, 2.24) is 5.32 Å². The lowest BCUT2D eigenvalue weighted by Crippen LogP contribution is -2.38. The molecule has 0 aromatic heterocycles. The second-order valence-corrected chi connectivity index (χ2v) is 5.04. The van der Waals surface area contributed by atoms with Crippen molar-refractivity contribution in [2.24, 2.45) is 0 Å². The summed E-state index contributed by atoms with van der Waals surface area (Å²) in [5, 5.41) is 6.83. The van der Waals surface area contributed by atoms with Crippen LogP contribution < -0.4 is 10.6 Å². The van der Waals surface area contributed by atoms with Gasteiger partial charge in [0.2, 0.25) is 5.91 Å². The molecular formula is C13H17ClN2O. The number of hydrogen-bond acceptors (Lipinski definition) is 2. The molecule has 1 fully saturated rings. The highest BCUT2D eigenvalue weighted by atomic mass is 35.5. The molecule has 1 aliphatic rings. The van der Waals surface area contributed by atoms with Crippen LogP contribution in [0.2, 0.25) is 5.02 Å². The Morgan fingerprint density at radius 1 is 1.47 bits per heavy atom. The fourth-order valence-corrected chi connectivity index (χ4v) is 1.77. The molecule has 0 spiro atoms. The Hall–Kier alpha value is -1.22. The summed E-state index contributed by atoms with van der Waals surface area (Å²) in [5.74, 6) is 0.0480. The van der Waals surface area contributed by atoms with E-state index in [1.807, 2.05) is 32.0 Å². The van der Waals surface area contributed by atoms with Gasteiger partial charge in [0.25, 0.3) is 0 Å². The molecule has 1 aliphatic carbocycles. The molecule has 1 unspecified atom stereocenters. The lowest BCUT2D eigenvalue weighted by molar-refractivity contribution is -0.121. The largest absolute Gasteiger partial charge is 0.374 e. The molecule has 92 valence electrons. The van der Waals surface area contributed by atoms with Gasteiger partial charge in [0, 0.05) is 16.8 Å². The third kappa shape index (κ3) is 3.37. The first-order valence-corrected chi connectivity index (χ1v) is 6.27. The van der Waals surface area contributed by atoms with E-state index in [2.05, 4.69) is 10.6 Å². The number of aryl methyl sites for hydroxylation is 1. The average Bonchev–Trinajstić information content (AvgIpc) is 3.07. The third-order valence-electron chi connectivity index (χ3n) is 2.89. The normalized spacial score (nSPS) is 16.4. The quantitative estimate of drug-likeness (QED) is 0.865. The van der Waals surface area contributed by atoms with E-state index in [0.29, 0.717) is 11.1 Å². The fourth-order valence-electron chi connectivity index (χ4n) is 1.60. The predicted octanol–water partition coefficient (Wildman–Crippen LogP) is 2.73. The van der Waals surface area contributed by atoms with E-state index >= 15 is 0 Å². The van der Waals surface area contributed by atoms with Gasteiger partial charge < -0.3 is 10.6 Å². The van der Waals surface area contributed by atoms with Gasteiger partial charge in [0.15, 0.2) is 0 Å². The number of benzene rings is 1. The van der Waals surface area contributed by atoms with Gasteiger partial charge in [-0.1, -0.05) is 17.7 Å². The summed E-state index contributed by atoms with van der Waals surface area (Å²) in [6.45, 7) is 3.85. The molecule has 1 aromatic rings. The number of carbonyl (C=O) groups excluding carboxylic acids is 1. The maximum absolute atomic E-state index is 11.8. The molecule has 0 bridgehead atoms. The number of nitrogens with one attached hydrogen (secondary N) is 2. The van der Waals surface area contributed by atoms with Crippen molar-refractivity contribution in [3.8, 4) is 0 Å². The monoisotopic (exact) mass is 252 g/mol. The lowest BCUT2D eigenvalue weighted by Gasteiger charge is -2.16. The minimum Gasteiger partial charge on any atom is -0.374 e. The Labute approximate surface area is 107 Å². The van der Waals surface area contributed by atoms with E-state index in [1.54, 1.807) is 0 Å². The number of amides is 1. The van der Waals surface area contributed by atoms with E-state index in [-0.39, 0.29) is 11.9 Å². The molecular weight excluding hydrogens is 236 g/mol. The molecule has 17 heavy (non-hydrogen) atoms. The van der Waals surface area contributed by atoms with Crippen molar-refractivity contribution in [3.63, 3.8) is 0 Å². The molecule has 0 radical (unpaired) electrons. The topological polar surface area (TPSA) is 41.1 Å². The van der Waals surface area contributed by atoms with Crippen molar-refractivity contribution < 1.29 is 4.79 Å². The maximum atomic E-state index is 11.8. The van der Waals surface area contributed by atoms with Crippen LogP contribution in [0.1, 0.15) is 25.3 Å². The minimum absolute atomic E-state index is 0.0480. The SMILES string of the molecule is Cc1ccc(Cl)cc1NC(C)C(=O)NC1CC1. The Morgan fingerprint density at radius 3 is 2.82 bits per heavy atom. The van der Waals surface area contributed by atoms with Gasteiger partial charge in [-0.25, -0.2) is 0 Å². The van der Waals surface area contributed by atoms with Crippen molar-refractivity contribution in [2.45, 2.75) is 38.8 Å². The predicted molar refractivity (Wildman–Crippen MR) is 70.4 cm³/mol. The zero-order valence-electron chi connectivity index (χ0n) is 10.1. The molecule has 0 heterocycles. The molecule has 4 heteroatoms. The first kappa shape index (κ1) is 12.2. The van der Waals surface area contributed by atoms with E-state index in [4.69, 9.17) is 11.6 Å². The smallest absolute Gasteiger partial charge is 0.242 e.